The van der Waals surface area contributed by atoms with Crippen LogP contribution in [0.3, 0.4) is 0 Å². The zero-order valence-corrected chi connectivity index (χ0v) is 10.6. The predicted molar refractivity (Wildman–Crippen MR) is 67.6 cm³/mol. The monoisotopic (exact) mass is 255 g/mol. The lowest BCUT2D eigenvalue weighted by Gasteiger charge is -2.30. The number of hydrogen-bond acceptors (Lipinski definition) is 3. The van der Waals surface area contributed by atoms with Crippen molar-refractivity contribution in [1.82, 2.24) is 4.90 Å². The van der Waals surface area contributed by atoms with Crippen LogP contribution in [0.1, 0.15) is 25.5 Å². The molecule has 17 heavy (non-hydrogen) atoms. The summed E-state index contributed by atoms with van der Waals surface area (Å²) in [5.41, 5.74) is 6.71. The molecule has 0 amide bonds. The van der Waals surface area contributed by atoms with Crippen molar-refractivity contribution < 1.29 is 4.39 Å². The first kappa shape index (κ1) is 12.2. The molecule has 2 N–H and O–H groups in total. The number of halogens is 2. The summed E-state index contributed by atoms with van der Waals surface area (Å²) >= 11 is 6.07. The van der Waals surface area contributed by atoms with E-state index >= 15 is 0 Å². The summed E-state index contributed by atoms with van der Waals surface area (Å²) in [5.74, 6) is 0.187. The van der Waals surface area contributed by atoms with Crippen LogP contribution in [-0.2, 0) is 0 Å². The van der Waals surface area contributed by atoms with Gasteiger partial charge in [-0.2, -0.15) is 0 Å². The number of guanidine groups is 1. The van der Waals surface area contributed by atoms with Crippen LogP contribution in [0.4, 0.5) is 4.39 Å². The normalized spacial score (nSPS) is 19.9. The highest BCUT2D eigenvalue weighted by molar-refractivity contribution is 6.31. The third-order valence-electron chi connectivity index (χ3n) is 2.90. The molecule has 1 heterocycles. The largest absolute Gasteiger partial charge is 0.370 e. The van der Waals surface area contributed by atoms with E-state index < -0.39 is 0 Å². The van der Waals surface area contributed by atoms with Gasteiger partial charge in [-0.15, -0.1) is 0 Å². The number of hydrogen-bond donors (Lipinski definition) is 1. The summed E-state index contributed by atoms with van der Waals surface area (Å²) < 4.78 is 13.0. The standard InChI is InChI=1S/C12H15ClFN3/c1-7(2)17-11(6-16-12(17)15)9-4-3-8(14)5-10(9)13/h3-5,7,11H,6H2,1-2H3,(H2,15,16). The van der Waals surface area contributed by atoms with Gasteiger partial charge in [0.05, 0.1) is 12.6 Å². The second-order valence-corrected chi connectivity index (χ2v) is 4.79. The first-order valence-corrected chi connectivity index (χ1v) is 5.91. The Labute approximate surface area is 105 Å². The Hall–Kier alpha value is -1.29. The molecular formula is C12H15ClFN3. The lowest BCUT2D eigenvalue weighted by molar-refractivity contribution is 0.290. The molecule has 1 unspecified atom stereocenters. The molecule has 5 heteroatoms. The van der Waals surface area contributed by atoms with Crippen molar-refractivity contribution >= 4 is 17.6 Å². The molecule has 3 nitrogen and oxygen atoms in total. The molecule has 92 valence electrons. The Kier molecular flexibility index (Phi) is 3.24. The number of nitrogens with two attached hydrogens (primary N) is 1. The molecule has 0 fully saturated rings. The Bertz CT molecular complexity index is 459. The van der Waals surface area contributed by atoms with E-state index in [0.717, 1.165) is 5.56 Å². The van der Waals surface area contributed by atoms with Crippen LogP contribution in [0.5, 0.6) is 0 Å². The summed E-state index contributed by atoms with van der Waals surface area (Å²) in [4.78, 5) is 6.23. The van der Waals surface area contributed by atoms with E-state index in [2.05, 4.69) is 4.99 Å². The van der Waals surface area contributed by atoms with Crippen LogP contribution >= 0.6 is 11.6 Å². The van der Waals surface area contributed by atoms with Crippen LogP contribution < -0.4 is 5.73 Å². The molecule has 0 spiro atoms. The Balaban J connectivity index is 2.35. The van der Waals surface area contributed by atoms with Gasteiger partial charge in [-0.3, -0.25) is 4.99 Å². The SMILES string of the molecule is CC(C)N1C(N)=NCC1c1ccc(F)cc1Cl. The molecule has 0 saturated carbocycles. The van der Waals surface area contributed by atoms with E-state index in [-0.39, 0.29) is 17.9 Å². The average molecular weight is 256 g/mol. The first-order valence-electron chi connectivity index (χ1n) is 5.54. The Morgan fingerprint density at radius 2 is 2.24 bits per heavy atom. The molecule has 0 radical (unpaired) electrons. The molecule has 2 rings (SSSR count). The summed E-state index contributed by atoms with van der Waals surface area (Å²) in [7, 11) is 0. The zero-order valence-electron chi connectivity index (χ0n) is 9.82. The van der Waals surface area contributed by atoms with Crippen molar-refractivity contribution in [3.63, 3.8) is 0 Å². The second kappa shape index (κ2) is 4.53. The molecule has 1 aromatic rings. The first-order chi connectivity index (χ1) is 8.00. The van der Waals surface area contributed by atoms with Crippen molar-refractivity contribution in [2.24, 2.45) is 10.7 Å². The van der Waals surface area contributed by atoms with Crippen molar-refractivity contribution in [2.75, 3.05) is 6.54 Å². The van der Waals surface area contributed by atoms with Crippen LogP contribution in [0.25, 0.3) is 0 Å². The van der Waals surface area contributed by atoms with E-state index in [0.29, 0.717) is 17.5 Å². The molecule has 0 saturated heterocycles. The van der Waals surface area contributed by atoms with E-state index in [4.69, 9.17) is 17.3 Å². The van der Waals surface area contributed by atoms with Gasteiger partial charge in [-0.1, -0.05) is 17.7 Å². The highest BCUT2D eigenvalue weighted by atomic mass is 35.5. The third-order valence-corrected chi connectivity index (χ3v) is 3.23. The quantitative estimate of drug-likeness (QED) is 0.883. The van der Waals surface area contributed by atoms with Crippen LogP contribution in [-0.4, -0.2) is 23.4 Å². The van der Waals surface area contributed by atoms with Gasteiger partial charge >= 0.3 is 0 Å². The molecule has 1 aromatic carbocycles. The maximum atomic E-state index is 13.0. The maximum Gasteiger partial charge on any atom is 0.192 e. The summed E-state index contributed by atoms with van der Waals surface area (Å²) in [6, 6.07) is 4.67. The van der Waals surface area contributed by atoms with Gasteiger partial charge in [-0.25, -0.2) is 4.39 Å². The van der Waals surface area contributed by atoms with Crippen molar-refractivity contribution in [3.05, 3.63) is 34.6 Å². The number of nitrogens with zero attached hydrogens (tertiary/aromatic N) is 2. The highest BCUT2D eigenvalue weighted by Crippen LogP contribution is 2.32. The maximum absolute atomic E-state index is 13.0. The molecule has 0 bridgehead atoms. The van der Waals surface area contributed by atoms with Gasteiger partial charge in [0.15, 0.2) is 5.96 Å². The second-order valence-electron chi connectivity index (χ2n) is 4.38. The van der Waals surface area contributed by atoms with Gasteiger partial charge in [0, 0.05) is 11.1 Å². The lowest BCUT2D eigenvalue weighted by atomic mass is 10.0. The highest BCUT2D eigenvalue weighted by Gasteiger charge is 2.30. The fourth-order valence-electron chi connectivity index (χ4n) is 2.15. The van der Waals surface area contributed by atoms with Gasteiger partial charge < -0.3 is 10.6 Å². The van der Waals surface area contributed by atoms with Gasteiger partial charge in [0.2, 0.25) is 0 Å². The minimum Gasteiger partial charge on any atom is -0.370 e. The van der Waals surface area contributed by atoms with Crippen LogP contribution in [0, 0.1) is 5.82 Å². The number of benzene rings is 1. The van der Waals surface area contributed by atoms with Crippen molar-refractivity contribution in [1.29, 1.82) is 0 Å². The van der Waals surface area contributed by atoms with Crippen molar-refractivity contribution in [3.8, 4) is 0 Å². The van der Waals surface area contributed by atoms with Gasteiger partial charge in [-0.05, 0) is 31.5 Å². The molecule has 1 atom stereocenters. The topological polar surface area (TPSA) is 41.6 Å². The average Bonchev–Trinajstić information content (AvgIpc) is 2.60. The molecule has 1 aliphatic heterocycles. The van der Waals surface area contributed by atoms with E-state index in [9.17, 15) is 4.39 Å². The number of aliphatic imine (C=N–C) groups is 1. The fourth-order valence-corrected chi connectivity index (χ4v) is 2.45. The number of rotatable bonds is 2. The van der Waals surface area contributed by atoms with E-state index in [1.807, 2.05) is 18.7 Å². The third kappa shape index (κ3) is 2.22. The Morgan fingerprint density at radius 1 is 1.53 bits per heavy atom. The Morgan fingerprint density at radius 3 is 2.82 bits per heavy atom. The fraction of sp³-hybridized carbons (Fsp3) is 0.417. The van der Waals surface area contributed by atoms with Gasteiger partial charge in [0.1, 0.15) is 5.82 Å². The van der Waals surface area contributed by atoms with Crippen LogP contribution in [0.15, 0.2) is 23.2 Å². The smallest absolute Gasteiger partial charge is 0.192 e. The minimum atomic E-state index is -0.332. The summed E-state index contributed by atoms with van der Waals surface area (Å²) in [6.07, 6.45) is 0. The van der Waals surface area contributed by atoms with E-state index in [1.54, 1.807) is 6.07 Å². The molecule has 1 aliphatic rings. The predicted octanol–water partition coefficient (Wildman–Crippen LogP) is 2.56. The lowest BCUT2D eigenvalue weighted by Crippen LogP contribution is -2.41. The van der Waals surface area contributed by atoms with E-state index in [1.165, 1.54) is 12.1 Å². The molecular weight excluding hydrogens is 241 g/mol. The minimum absolute atomic E-state index is 0.00287. The molecule has 0 aliphatic carbocycles. The zero-order chi connectivity index (χ0) is 12.6. The van der Waals surface area contributed by atoms with Crippen molar-refractivity contribution in [2.45, 2.75) is 25.9 Å². The summed E-state index contributed by atoms with van der Waals surface area (Å²) in [6.45, 7) is 4.64. The van der Waals surface area contributed by atoms with Crippen LogP contribution in [0.2, 0.25) is 5.02 Å². The molecule has 0 aromatic heterocycles. The van der Waals surface area contributed by atoms with Gasteiger partial charge in [0.25, 0.3) is 0 Å². The summed E-state index contributed by atoms with van der Waals surface area (Å²) in [5, 5.41) is 0.422.